The molecule has 18 heavy (non-hydrogen) atoms. The van der Waals surface area contributed by atoms with Crippen molar-refractivity contribution in [3.05, 3.63) is 53.5 Å². The van der Waals surface area contributed by atoms with Gasteiger partial charge in [-0.05, 0) is 24.1 Å². The van der Waals surface area contributed by atoms with Gasteiger partial charge in [-0.15, -0.1) is 5.10 Å². The molecule has 1 atom stereocenters. The maximum atomic E-state index is 13.5. The summed E-state index contributed by atoms with van der Waals surface area (Å²) < 4.78 is 18.4. The third-order valence-corrected chi connectivity index (χ3v) is 2.65. The SMILES string of the molecule is COc1ccc(C(N)Cc2ccccc2F)nn1. The molecular weight excluding hydrogens is 233 g/mol. The van der Waals surface area contributed by atoms with Crippen LogP contribution in [-0.4, -0.2) is 17.3 Å². The number of halogens is 1. The van der Waals surface area contributed by atoms with E-state index in [4.69, 9.17) is 10.5 Å². The van der Waals surface area contributed by atoms with Gasteiger partial charge < -0.3 is 10.5 Å². The van der Waals surface area contributed by atoms with Gasteiger partial charge in [0.25, 0.3) is 0 Å². The lowest BCUT2D eigenvalue weighted by molar-refractivity contribution is 0.390. The minimum Gasteiger partial charge on any atom is -0.480 e. The molecule has 0 amide bonds. The van der Waals surface area contributed by atoms with E-state index in [-0.39, 0.29) is 11.9 Å². The van der Waals surface area contributed by atoms with E-state index in [1.54, 1.807) is 30.3 Å². The number of rotatable bonds is 4. The quantitative estimate of drug-likeness (QED) is 0.895. The molecule has 2 rings (SSSR count). The fourth-order valence-corrected chi connectivity index (χ4v) is 1.64. The second-order valence-corrected chi connectivity index (χ2v) is 3.90. The van der Waals surface area contributed by atoms with Crippen LogP contribution in [0, 0.1) is 5.82 Å². The van der Waals surface area contributed by atoms with Crippen molar-refractivity contribution >= 4 is 0 Å². The van der Waals surface area contributed by atoms with Crippen LogP contribution in [0.3, 0.4) is 0 Å². The fourth-order valence-electron chi connectivity index (χ4n) is 1.64. The molecule has 0 fully saturated rings. The highest BCUT2D eigenvalue weighted by molar-refractivity contribution is 5.21. The van der Waals surface area contributed by atoms with E-state index in [2.05, 4.69) is 10.2 Å². The molecule has 1 aromatic carbocycles. The Kier molecular flexibility index (Phi) is 3.84. The molecule has 1 heterocycles. The summed E-state index contributed by atoms with van der Waals surface area (Å²) in [6.45, 7) is 0. The standard InChI is InChI=1S/C13H14FN3O/c1-18-13-7-6-12(16-17-13)11(15)8-9-4-2-3-5-10(9)14/h2-7,11H,8,15H2,1H3. The van der Waals surface area contributed by atoms with Crippen LogP contribution in [-0.2, 0) is 6.42 Å². The highest BCUT2D eigenvalue weighted by Gasteiger charge is 2.12. The van der Waals surface area contributed by atoms with Gasteiger partial charge >= 0.3 is 0 Å². The number of hydrogen-bond donors (Lipinski definition) is 1. The summed E-state index contributed by atoms with van der Waals surface area (Å²) in [5.74, 6) is 0.172. The van der Waals surface area contributed by atoms with Crippen LogP contribution < -0.4 is 10.5 Å². The second kappa shape index (κ2) is 5.55. The molecule has 94 valence electrons. The number of benzene rings is 1. The normalized spacial score (nSPS) is 12.2. The molecule has 0 aliphatic heterocycles. The largest absolute Gasteiger partial charge is 0.480 e. The summed E-state index contributed by atoms with van der Waals surface area (Å²) in [5.41, 5.74) is 7.16. The highest BCUT2D eigenvalue weighted by Crippen LogP contribution is 2.17. The number of nitrogens with two attached hydrogens (primary N) is 1. The molecule has 0 aliphatic rings. The van der Waals surface area contributed by atoms with Crippen LogP contribution in [0.1, 0.15) is 17.3 Å². The molecule has 0 spiro atoms. The van der Waals surface area contributed by atoms with Gasteiger partial charge in [0.05, 0.1) is 18.8 Å². The molecule has 0 radical (unpaired) electrons. The van der Waals surface area contributed by atoms with Crippen molar-refractivity contribution in [3.63, 3.8) is 0 Å². The third kappa shape index (κ3) is 2.81. The molecule has 0 aliphatic carbocycles. The van der Waals surface area contributed by atoms with E-state index in [0.717, 1.165) is 0 Å². The van der Waals surface area contributed by atoms with Crippen molar-refractivity contribution in [1.29, 1.82) is 0 Å². The zero-order chi connectivity index (χ0) is 13.0. The Morgan fingerprint density at radius 2 is 2.00 bits per heavy atom. The first-order valence-electron chi connectivity index (χ1n) is 5.57. The second-order valence-electron chi connectivity index (χ2n) is 3.90. The van der Waals surface area contributed by atoms with E-state index >= 15 is 0 Å². The topological polar surface area (TPSA) is 61.0 Å². The predicted octanol–water partition coefficient (Wildman–Crippen LogP) is 1.87. The van der Waals surface area contributed by atoms with Crippen LogP contribution >= 0.6 is 0 Å². The van der Waals surface area contributed by atoms with E-state index in [9.17, 15) is 4.39 Å². The van der Waals surface area contributed by atoms with E-state index in [0.29, 0.717) is 23.6 Å². The van der Waals surface area contributed by atoms with Crippen LogP contribution in [0.15, 0.2) is 36.4 Å². The Balaban J connectivity index is 2.11. The summed E-state index contributed by atoms with van der Waals surface area (Å²) in [5, 5.41) is 7.79. The van der Waals surface area contributed by atoms with Crippen molar-refractivity contribution in [2.75, 3.05) is 7.11 Å². The molecule has 1 unspecified atom stereocenters. The Hall–Kier alpha value is -2.01. The molecule has 2 aromatic rings. The minimum atomic E-state index is -0.389. The van der Waals surface area contributed by atoms with E-state index in [1.165, 1.54) is 13.2 Å². The van der Waals surface area contributed by atoms with Crippen LogP contribution in [0.5, 0.6) is 5.88 Å². The Morgan fingerprint density at radius 1 is 1.22 bits per heavy atom. The molecule has 0 saturated carbocycles. The first-order valence-corrected chi connectivity index (χ1v) is 5.57. The summed E-state index contributed by atoms with van der Waals surface area (Å²) in [6, 6.07) is 9.59. The monoisotopic (exact) mass is 247 g/mol. The van der Waals surface area contributed by atoms with Crippen LogP contribution in [0.4, 0.5) is 4.39 Å². The summed E-state index contributed by atoms with van der Waals surface area (Å²) in [7, 11) is 1.52. The first kappa shape index (κ1) is 12.4. The Bertz CT molecular complexity index is 516. The molecule has 0 saturated heterocycles. The zero-order valence-corrected chi connectivity index (χ0v) is 10.0. The van der Waals surface area contributed by atoms with Crippen molar-refractivity contribution in [3.8, 4) is 5.88 Å². The van der Waals surface area contributed by atoms with Gasteiger partial charge in [0.2, 0.25) is 5.88 Å². The zero-order valence-electron chi connectivity index (χ0n) is 10.0. The van der Waals surface area contributed by atoms with Crippen LogP contribution in [0.2, 0.25) is 0 Å². The average Bonchev–Trinajstić information content (AvgIpc) is 2.41. The molecule has 2 N–H and O–H groups in total. The maximum Gasteiger partial charge on any atom is 0.233 e. The molecule has 4 nitrogen and oxygen atoms in total. The average molecular weight is 247 g/mol. The third-order valence-electron chi connectivity index (χ3n) is 2.65. The number of ether oxygens (including phenoxy) is 1. The van der Waals surface area contributed by atoms with Crippen molar-refractivity contribution in [2.24, 2.45) is 5.73 Å². The van der Waals surface area contributed by atoms with Crippen molar-refractivity contribution < 1.29 is 9.13 Å². The number of aromatic nitrogens is 2. The predicted molar refractivity (Wildman–Crippen MR) is 65.6 cm³/mol. The lowest BCUT2D eigenvalue weighted by Gasteiger charge is -2.11. The van der Waals surface area contributed by atoms with Crippen LogP contribution in [0.25, 0.3) is 0 Å². The summed E-state index contributed by atoms with van der Waals surface area (Å²) >= 11 is 0. The molecule has 1 aromatic heterocycles. The van der Waals surface area contributed by atoms with Gasteiger partial charge in [-0.3, -0.25) is 0 Å². The number of methoxy groups -OCH3 is 1. The Morgan fingerprint density at radius 3 is 2.61 bits per heavy atom. The minimum absolute atomic E-state index is 0.255. The fraction of sp³-hybridized carbons (Fsp3) is 0.231. The van der Waals surface area contributed by atoms with Gasteiger partial charge in [0, 0.05) is 6.07 Å². The Labute approximate surface area is 105 Å². The summed E-state index contributed by atoms with van der Waals surface area (Å²) in [4.78, 5) is 0. The first-order chi connectivity index (χ1) is 8.70. The lowest BCUT2D eigenvalue weighted by atomic mass is 10.0. The van der Waals surface area contributed by atoms with E-state index < -0.39 is 0 Å². The van der Waals surface area contributed by atoms with Gasteiger partial charge in [0.15, 0.2) is 0 Å². The lowest BCUT2D eigenvalue weighted by Crippen LogP contribution is -2.16. The molecular formula is C13H14FN3O. The van der Waals surface area contributed by atoms with E-state index in [1.807, 2.05) is 0 Å². The molecule has 5 heteroatoms. The highest BCUT2D eigenvalue weighted by atomic mass is 19.1. The van der Waals surface area contributed by atoms with Gasteiger partial charge in [-0.2, -0.15) is 5.10 Å². The smallest absolute Gasteiger partial charge is 0.233 e. The number of nitrogens with zero attached hydrogens (tertiary/aromatic N) is 2. The van der Waals surface area contributed by atoms with Crippen molar-refractivity contribution in [2.45, 2.75) is 12.5 Å². The van der Waals surface area contributed by atoms with Gasteiger partial charge in [-0.1, -0.05) is 18.2 Å². The molecule has 0 bridgehead atoms. The summed E-state index contributed by atoms with van der Waals surface area (Å²) in [6.07, 6.45) is 0.383. The maximum absolute atomic E-state index is 13.5. The van der Waals surface area contributed by atoms with Gasteiger partial charge in [0.1, 0.15) is 5.82 Å². The number of hydrogen-bond acceptors (Lipinski definition) is 4. The van der Waals surface area contributed by atoms with Gasteiger partial charge in [-0.25, -0.2) is 4.39 Å². The van der Waals surface area contributed by atoms with Crippen molar-refractivity contribution in [1.82, 2.24) is 10.2 Å².